The normalized spacial score (nSPS) is 12.8. The van der Waals surface area contributed by atoms with E-state index in [2.05, 4.69) is 32.0 Å². The molecule has 13 heteroatoms. The van der Waals surface area contributed by atoms with Gasteiger partial charge in [-0.1, -0.05) is 83.9 Å². The molecule has 5 rings (SSSR count). The van der Waals surface area contributed by atoms with Crippen LogP contribution in [0.25, 0.3) is 10.9 Å². The highest BCUT2D eigenvalue weighted by Crippen LogP contribution is 2.38. The lowest BCUT2D eigenvalue weighted by atomic mass is 10.0. The molecule has 1 amide bonds. The largest absolute Gasteiger partial charge is 0.423 e. The van der Waals surface area contributed by atoms with Crippen molar-refractivity contribution in [2.45, 2.75) is 31.5 Å². The van der Waals surface area contributed by atoms with Gasteiger partial charge in [0, 0.05) is 22.3 Å². The number of nitrogens with one attached hydrogen (secondary N) is 2. The van der Waals surface area contributed by atoms with E-state index in [-0.39, 0.29) is 21.4 Å². The maximum atomic E-state index is 14.3. The number of anilines is 2. The Kier molecular flexibility index (Phi) is 8.43. The number of hydrogen-bond donors (Lipinski definition) is 3. The number of nitrogens with zero attached hydrogens (tertiary/aromatic N) is 5. The van der Waals surface area contributed by atoms with Crippen LogP contribution in [-0.2, 0) is 10.8 Å². The lowest BCUT2D eigenvalue weighted by Gasteiger charge is -2.23. The van der Waals surface area contributed by atoms with Crippen molar-refractivity contribution in [3.8, 4) is 6.07 Å². The minimum atomic E-state index is -4.10. The number of aromatic nitrogens is 4. The smallest absolute Gasteiger partial charge is 0.377 e. The zero-order chi connectivity index (χ0) is 30.7. The molecule has 0 aliphatic heterocycles. The van der Waals surface area contributed by atoms with E-state index >= 15 is 0 Å². The summed E-state index contributed by atoms with van der Waals surface area (Å²) < 4.78 is 28.8. The van der Waals surface area contributed by atoms with Crippen molar-refractivity contribution >= 4 is 51.4 Å². The lowest BCUT2D eigenvalue weighted by Crippen LogP contribution is -2.39. The Hall–Kier alpha value is -4.79. The molecule has 0 aliphatic rings. The van der Waals surface area contributed by atoms with Crippen LogP contribution in [0.3, 0.4) is 0 Å². The van der Waals surface area contributed by atoms with Crippen molar-refractivity contribution < 1.29 is 13.6 Å². The van der Waals surface area contributed by atoms with Crippen molar-refractivity contribution in [1.82, 2.24) is 20.0 Å². The number of amides is 1. The fourth-order valence-electron chi connectivity index (χ4n) is 4.71. The number of rotatable bonds is 10. The van der Waals surface area contributed by atoms with Crippen molar-refractivity contribution in [1.29, 1.82) is 5.26 Å². The SMILES string of the molecule is CC[C@@H](Nc1c(C#N)cnc2c(Cl)cc(N[C@H](c3cn(C(F)(F)C(N)=O)nn3)c3ccccc3Cl)cc12)c1ccccc1. The lowest BCUT2D eigenvalue weighted by molar-refractivity contribution is -0.159. The number of halogens is 4. The van der Waals surface area contributed by atoms with Crippen LogP contribution in [0.15, 0.2) is 79.1 Å². The molecule has 2 atom stereocenters. The van der Waals surface area contributed by atoms with Crippen LogP contribution < -0.4 is 16.4 Å². The molecule has 4 N–H and O–H groups in total. The first kappa shape index (κ1) is 29.7. The van der Waals surface area contributed by atoms with Gasteiger partial charge in [0.05, 0.1) is 40.1 Å². The summed E-state index contributed by atoms with van der Waals surface area (Å²) in [5, 5.41) is 25.2. The molecule has 0 fully saturated rings. The van der Waals surface area contributed by atoms with Gasteiger partial charge in [0.25, 0.3) is 0 Å². The van der Waals surface area contributed by atoms with Crippen LogP contribution in [0.5, 0.6) is 0 Å². The molecule has 0 saturated heterocycles. The summed E-state index contributed by atoms with van der Waals surface area (Å²) in [4.78, 5) is 15.8. The number of pyridine rings is 1. The van der Waals surface area contributed by atoms with Gasteiger partial charge in [-0.15, -0.1) is 5.10 Å². The van der Waals surface area contributed by atoms with Crippen molar-refractivity contribution in [3.05, 3.63) is 112 Å². The van der Waals surface area contributed by atoms with Crippen molar-refractivity contribution in [2.24, 2.45) is 5.73 Å². The number of nitriles is 1. The molecule has 0 bridgehead atoms. The minimum Gasteiger partial charge on any atom is -0.377 e. The first-order valence-electron chi connectivity index (χ1n) is 13.1. The standard InChI is InChI=1S/C30H24Cl2F2N8O/c1-2-24(17-8-4-3-5-9-17)39-26-18(14-35)15-37-27-21(26)12-19(13-23(27)32)38-28(20-10-6-7-11-22(20)31)25-16-42(41-40-25)30(33,34)29(36)43/h3-13,15-16,24,28,38H,2H2,1H3,(H2,36,43)(H,37,39)/t24-,28+/m1/s1. The topological polar surface area (TPSA) is 135 Å². The first-order valence-corrected chi connectivity index (χ1v) is 13.8. The molecule has 218 valence electrons. The Morgan fingerprint density at radius 1 is 1.09 bits per heavy atom. The van der Waals surface area contributed by atoms with E-state index in [1.54, 1.807) is 36.4 Å². The molecule has 2 heterocycles. The molecule has 9 nitrogen and oxygen atoms in total. The van der Waals surface area contributed by atoms with Crippen LogP contribution in [0, 0.1) is 11.3 Å². The second kappa shape index (κ2) is 12.2. The minimum absolute atomic E-state index is 0.0302. The van der Waals surface area contributed by atoms with Gasteiger partial charge in [0.2, 0.25) is 0 Å². The summed E-state index contributed by atoms with van der Waals surface area (Å²) in [6.45, 7) is 2.03. The number of benzene rings is 3. The number of hydrogen-bond acceptors (Lipinski definition) is 7. The summed E-state index contributed by atoms with van der Waals surface area (Å²) in [5.41, 5.74) is 8.19. The predicted molar refractivity (Wildman–Crippen MR) is 161 cm³/mol. The van der Waals surface area contributed by atoms with Gasteiger partial charge in [0.1, 0.15) is 11.8 Å². The van der Waals surface area contributed by atoms with Crippen LogP contribution in [0.1, 0.15) is 47.8 Å². The second-order valence-corrected chi connectivity index (χ2v) is 10.4. The monoisotopic (exact) mass is 620 g/mol. The average molecular weight is 621 g/mol. The van der Waals surface area contributed by atoms with E-state index in [4.69, 9.17) is 28.9 Å². The van der Waals surface area contributed by atoms with Gasteiger partial charge in [0.15, 0.2) is 0 Å². The summed E-state index contributed by atoms with van der Waals surface area (Å²) in [7, 11) is 0. The molecule has 2 aromatic heterocycles. The number of alkyl halides is 2. The van der Waals surface area contributed by atoms with E-state index in [0.717, 1.165) is 18.2 Å². The van der Waals surface area contributed by atoms with Gasteiger partial charge >= 0.3 is 12.0 Å². The fraction of sp³-hybridized carbons (Fsp3) is 0.167. The van der Waals surface area contributed by atoms with E-state index in [1.165, 1.54) is 6.20 Å². The number of carbonyl (C=O) groups is 1. The molecule has 0 spiro atoms. The Morgan fingerprint density at radius 3 is 2.49 bits per heavy atom. The van der Waals surface area contributed by atoms with Gasteiger partial charge in [-0.3, -0.25) is 9.78 Å². The number of primary amides is 1. The molecular formula is C30H24Cl2F2N8O. The van der Waals surface area contributed by atoms with E-state index in [0.29, 0.717) is 38.4 Å². The third-order valence-electron chi connectivity index (χ3n) is 6.89. The van der Waals surface area contributed by atoms with Crippen LogP contribution in [-0.4, -0.2) is 25.9 Å². The highest BCUT2D eigenvalue weighted by atomic mass is 35.5. The average Bonchev–Trinajstić information content (AvgIpc) is 3.50. The van der Waals surface area contributed by atoms with Gasteiger partial charge in [-0.2, -0.15) is 18.7 Å². The number of carbonyl (C=O) groups excluding carboxylic acids is 1. The Bertz CT molecular complexity index is 1840. The summed E-state index contributed by atoms with van der Waals surface area (Å²) in [5.74, 6) is -1.88. The molecule has 5 aromatic rings. The van der Waals surface area contributed by atoms with Crippen molar-refractivity contribution in [2.75, 3.05) is 10.6 Å². The third kappa shape index (κ3) is 5.93. The maximum Gasteiger partial charge on any atom is 0.423 e. The quantitative estimate of drug-likeness (QED) is 0.156. The Balaban J connectivity index is 1.62. The molecule has 0 radical (unpaired) electrons. The molecule has 0 aliphatic carbocycles. The Morgan fingerprint density at radius 2 is 1.81 bits per heavy atom. The molecule has 3 aromatic carbocycles. The molecule has 43 heavy (non-hydrogen) atoms. The van der Waals surface area contributed by atoms with E-state index in [9.17, 15) is 18.8 Å². The zero-order valence-corrected chi connectivity index (χ0v) is 24.1. The van der Waals surface area contributed by atoms with E-state index < -0.39 is 18.0 Å². The Labute approximate surface area is 255 Å². The van der Waals surface area contributed by atoms with Crippen LogP contribution in [0.4, 0.5) is 20.2 Å². The van der Waals surface area contributed by atoms with Crippen LogP contribution in [0.2, 0.25) is 10.0 Å². The fourth-order valence-corrected chi connectivity index (χ4v) is 5.22. The highest BCUT2D eigenvalue weighted by Gasteiger charge is 2.41. The van der Waals surface area contributed by atoms with Gasteiger partial charge in [-0.25, -0.2) is 0 Å². The number of fused-ring (bicyclic) bond motifs is 1. The summed E-state index contributed by atoms with van der Waals surface area (Å²) in [6, 6.07) is 17.0. The predicted octanol–water partition coefficient (Wildman–Crippen LogP) is 6.80. The zero-order valence-electron chi connectivity index (χ0n) is 22.6. The summed E-state index contributed by atoms with van der Waals surface area (Å²) in [6.07, 6.45) is 3.11. The second-order valence-electron chi connectivity index (χ2n) is 9.62. The third-order valence-corrected chi connectivity index (χ3v) is 7.52. The highest BCUT2D eigenvalue weighted by molar-refractivity contribution is 6.36. The van der Waals surface area contributed by atoms with Crippen molar-refractivity contribution in [3.63, 3.8) is 0 Å². The first-order chi connectivity index (χ1) is 20.6. The van der Waals surface area contributed by atoms with Crippen LogP contribution >= 0.6 is 23.2 Å². The summed E-state index contributed by atoms with van der Waals surface area (Å²) >= 11 is 13.2. The van der Waals surface area contributed by atoms with Gasteiger partial charge < -0.3 is 16.4 Å². The molecule has 0 unspecified atom stereocenters. The maximum absolute atomic E-state index is 14.3. The van der Waals surface area contributed by atoms with Gasteiger partial charge in [-0.05, 0) is 35.7 Å². The molecule has 0 saturated carbocycles. The van der Waals surface area contributed by atoms with E-state index in [1.807, 2.05) is 37.3 Å². The molecular weight excluding hydrogens is 597 g/mol. The number of nitrogens with two attached hydrogens (primary N) is 1.